The van der Waals surface area contributed by atoms with Crippen molar-refractivity contribution in [3.63, 3.8) is 0 Å². The van der Waals surface area contributed by atoms with Crippen LogP contribution in [0.3, 0.4) is 0 Å². The Hall–Kier alpha value is -1.32. The van der Waals surface area contributed by atoms with Crippen molar-refractivity contribution in [3.05, 3.63) is 52.2 Å². The smallest absolute Gasteiger partial charge is 0.106 e. The first-order valence-electron chi connectivity index (χ1n) is 7.14. The van der Waals surface area contributed by atoms with Gasteiger partial charge in [-0.1, -0.05) is 35.5 Å². The van der Waals surface area contributed by atoms with Crippen LogP contribution in [0.25, 0.3) is 0 Å². The van der Waals surface area contributed by atoms with Crippen LogP contribution in [0.2, 0.25) is 0 Å². The number of aromatic nitrogens is 1. The Bertz CT molecular complexity index is 650. The number of aryl methyl sites for hydroxylation is 4. The zero-order chi connectivity index (χ0) is 14.1. The molecule has 2 N–H and O–H groups in total. The Balaban J connectivity index is 1.97. The van der Waals surface area contributed by atoms with Gasteiger partial charge in [-0.2, -0.15) is 0 Å². The van der Waals surface area contributed by atoms with E-state index in [9.17, 15) is 0 Å². The lowest BCUT2D eigenvalue weighted by Crippen LogP contribution is -2.03. The lowest BCUT2D eigenvalue weighted by Gasteiger charge is -2.11. The van der Waals surface area contributed by atoms with E-state index in [4.69, 9.17) is 10.7 Å². The molecule has 0 radical (unpaired) electrons. The average Bonchev–Trinajstić information content (AvgIpc) is 2.88. The molecule has 3 heteroatoms. The Morgan fingerprint density at radius 2 is 2.05 bits per heavy atom. The fourth-order valence-electron chi connectivity index (χ4n) is 2.75. The number of nitrogens with zero attached hydrogens (tertiary/aromatic N) is 1. The Morgan fingerprint density at radius 3 is 2.80 bits per heavy atom. The van der Waals surface area contributed by atoms with E-state index in [2.05, 4.69) is 38.1 Å². The predicted octanol–water partition coefficient (Wildman–Crippen LogP) is 3.80. The van der Waals surface area contributed by atoms with Crippen molar-refractivity contribution >= 4 is 11.8 Å². The van der Waals surface area contributed by atoms with Gasteiger partial charge in [0.15, 0.2) is 0 Å². The summed E-state index contributed by atoms with van der Waals surface area (Å²) < 4.78 is 0. The summed E-state index contributed by atoms with van der Waals surface area (Å²) >= 11 is 1.75. The summed E-state index contributed by atoms with van der Waals surface area (Å²) in [6.45, 7) is 4.85. The Morgan fingerprint density at radius 1 is 1.20 bits per heavy atom. The molecule has 0 saturated carbocycles. The predicted molar refractivity (Wildman–Crippen MR) is 84.2 cm³/mol. The molecule has 1 aliphatic rings. The number of pyridine rings is 1. The summed E-state index contributed by atoms with van der Waals surface area (Å²) in [5.74, 6) is 0. The lowest BCUT2D eigenvalue weighted by atomic mass is 10.1. The SMILES string of the molecule is Cc1ccc(Sc2nc3c(cc2CN)CCC3)c(C)c1. The van der Waals surface area contributed by atoms with Crippen LogP contribution in [0.15, 0.2) is 34.2 Å². The third-order valence-electron chi connectivity index (χ3n) is 3.85. The fourth-order valence-corrected chi connectivity index (χ4v) is 3.75. The number of nitrogens with two attached hydrogens (primary N) is 1. The van der Waals surface area contributed by atoms with Crippen LogP contribution in [0.1, 0.15) is 34.4 Å². The molecule has 2 aromatic rings. The van der Waals surface area contributed by atoms with Crippen molar-refractivity contribution < 1.29 is 0 Å². The fraction of sp³-hybridized carbons (Fsp3) is 0.353. The van der Waals surface area contributed by atoms with Crippen LogP contribution in [-0.4, -0.2) is 4.98 Å². The van der Waals surface area contributed by atoms with Crippen molar-refractivity contribution in [2.24, 2.45) is 5.73 Å². The third kappa shape index (κ3) is 2.60. The Kier molecular flexibility index (Phi) is 3.81. The second kappa shape index (κ2) is 5.58. The highest BCUT2D eigenvalue weighted by molar-refractivity contribution is 7.99. The van der Waals surface area contributed by atoms with Crippen LogP contribution in [0.4, 0.5) is 0 Å². The monoisotopic (exact) mass is 284 g/mol. The van der Waals surface area contributed by atoms with Crippen LogP contribution in [-0.2, 0) is 19.4 Å². The van der Waals surface area contributed by atoms with E-state index >= 15 is 0 Å². The molecule has 0 fully saturated rings. The summed E-state index contributed by atoms with van der Waals surface area (Å²) in [5, 5.41) is 1.08. The van der Waals surface area contributed by atoms with Crippen LogP contribution in [0, 0.1) is 13.8 Å². The number of hydrogen-bond acceptors (Lipinski definition) is 3. The molecule has 20 heavy (non-hydrogen) atoms. The molecule has 2 nitrogen and oxygen atoms in total. The average molecular weight is 284 g/mol. The second-order valence-electron chi connectivity index (χ2n) is 5.49. The molecule has 3 rings (SSSR count). The highest BCUT2D eigenvalue weighted by atomic mass is 32.2. The van der Waals surface area contributed by atoms with Crippen molar-refractivity contribution in [3.8, 4) is 0 Å². The van der Waals surface area contributed by atoms with Gasteiger partial charge in [-0.05, 0) is 55.9 Å². The van der Waals surface area contributed by atoms with E-state index in [1.807, 2.05) is 0 Å². The van der Waals surface area contributed by atoms with Crippen molar-refractivity contribution in [2.45, 2.75) is 49.6 Å². The second-order valence-corrected chi connectivity index (χ2v) is 6.52. The van der Waals surface area contributed by atoms with Gasteiger partial charge in [0.25, 0.3) is 0 Å². The number of rotatable bonds is 3. The highest BCUT2D eigenvalue weighted by Gasteiger charge is 2.16. The minimum absolute atomic E-state index is 0.563. The molecular formula is C17H20N2S. The maximum atomic E-state index is 5.91. The molecular weight excluding hydrogens is 264 g/mol. The van der Waals surface area contributed by atoms with Crippen LogP contribution < -0.4 is 5.73 Å². The molecule has 1 aliphatic carbocycles. The van der Waals surface area contributed by atoms with Gasteiger partial charge in [-0.3, -0.25) is 0 Å². The van der Waals surface area contributed by atoms with Gasteiger partial charge in [0, 0.05) is 17.1 Å². The number of fused-ring (bicyclic) bond motifs is 1. The van der Waals surface area contributed by atoms with E-state index in [1.165, 1.54) is 39.3 Å². The molecule has 0 amide bonds. The minimum Gasteiger partial charge on any atom is -0.326 e. The van der Waals surface area contributed by atoms with Crippen LogP contribution >= 0.6 is 11.8 Å². The van der Waals surface area contributed by atoms with Gasteiger partial charge in [0.1, 0.15) is 5.03 Å². The summed E-state index contributed by atoms with van der Waals surface area (Å²) in [5.41, 5.74) is 12.4. The van der Waals surface area contributed by atoms with Crippen molar-refractivity contribution in [1.29, 1.82) is 0 Å². The molecule has 0 saturated heterocycles. The summed E-state index contributed by atoms with van der Waals surface area (Å²) in [6, 6.07) is 8.83. The third-order valence-corrected chi connectivity index (χ3v) is 5.07. The molecule has 0 unspecified atom stereocenters. The van der Waals surface area contributed by atoms with Crippen LogP contribution in [0.5, 0.6) is 0 Å². The maximum absolute atomic E-state index is 5.91. The van der Waals surface area contributed by atoms with Gasteiger partial charge in [-0.25, -0.2) is 4.98 Å². The van der Waals surface area contributed by atoms with Gasteiger partial charge in [0.2, 0.25) is 0 Å². The van der Waals surface area contributed by atoms with Gasteiger partial charge in [-0.15, -0.1) is 0 Å². The van der Waals surface area contributed by atoms with E-state index in [0.29, 0.717) is 6.54 Å². The molecule has 0 atom stereocenters. The van der Waals surface area contributed by atoms with E-state index < -0.39 is 0 Å². The summed E-state index contributed by atoms with van der Waals surface area (Å²) in [4.78, 5) is 6.14. The van der Waals surface area contributed by atoms with Crippen molar-refractivity contribution in [2.75, 3.05) is 0 Å². The van der Waals surface area contributed by atoms with Gasteiger partial charge < -0.3 is 5.73 Å². The Labute approximate surface area is 124 Å². The van der Waals surface area contributed by atoms with Gasteiger partial charge >= 0.3 is 0 Å². The van der Waals surface area contributed by atoms with Gasteiger partial charge in [0.05, 0.1) is 0 Å². The minimum atomic E-state index is 0.563. The first-order chi connectivity index (χ1) is 9.67. The largest absolute Gasteiger partial charge is 0.326 e. The molecule has 0 bridgehead atoms. The maximum Gasteiger partial charge on any atom is 0.106 e. The first-order valence-corrected chi connectivity index (χ1v) is 7.96. The summed E-state index contributed by atoms with van der Waals surface area (Å²) in [6.07, 6.45) is 3.49. The lowest BCUT2D eigenvalue weighted by molar-refractivity contribution is 0.884. The first kappa shape index (κ1) is 13.7. The quantitative estimate of drug-likeness (QED) is 0.932. The number of benzene rings is 1. The van der Waals surface area contributed by atoms with E-state index in [-0.39, 0.29) is 0 Å². The molecule has 1 heterocycles. The van der Waals surface area contributed by atoms with E-state index in [0.717, 1.165) is 17.9 Å². The van der Waals surface area contributed by atoms with E-state index in [1.54, 1.807) is 11.8 Å². The standard InChI is InChI=1S/C17H20N2S/c1-11-6-7-16(12(2)8-11)20-17-14(10-18)9-13-4-3-5-15(13)19-17/h6-9H,3-5,10,18H2,1-2H3. The molecule has 0 spiro atoms. The molecule has 1 aromatic heterocycles. The van der Waals surface area contributed by atoms with Crippen molar-refractivity contribution in [1.82, 2.24) is 4.98 Å². The molecule has 0 aliphatic heterocycles. The highest BCUT2D eigenvalue weighted by Crippen LogP contribution is 2.34. The number of hydrogen-bond donors (Lipinski definition) is 1. The molecule has 104 valence electrons. The zero-order valence-electron chi connectivity index (χ0n) is 12.1. The molecule has 1 aromatic carbocycles. The summed E-state index contributed by atoms with van der Waals surface area (Å²) in [7, 11) is 0. The topological polar surface area (TPSA) is 38.9 Å². The zero-order valence-corrected chi connectivity index (χ0v) is 12.9. The normalized spacial score (nSPS) is 13.6.